The largest absolute Gasteiger partial charge is 0.395 e. The minimum Gasteiger partial charge on any atom is -0.395 e. The Labute approximate surface area is 182 Å². The first-order chi connectivity index (χ1) is 15.0. The molecule has 6 heteroatoms. The zero-order valence-electron chi connectivity index (χ0n) is 18.1. The van der Waals surface area contributed by atoms with Crippen LogP contribution in [0.15, 0.2) is 67.0 Å². The van der Waals surface area contributed by atoms with Crippen molar-refractivity contribution >= 4 is 28.2 Å². The number of fused-ring (bicyclic) bond motifs is 1. The summed E-state index contributed by atoms with van der Waals surface area (Å²) in [6, 6.07) is 18.5. The zero-order valence-corrected chi connectivity index (χ0v) is 18.1. The van der Waals surface area contributed by atoms with Crippen LogP contribution in [0.3, 0.4) is 0 Å². The molecule has 0 spiro atoms. The van der Waals surface area contributed by atoms with E-state index in [1.54, 1.807) is 6.20 Å². The van der Waals surface area contributed by atoms with Crippen molar-refractivity contribution in [2.75, 3.05) is 23.8 Å². The van der Waals surface area contributed by atoms with Gasteiger partial charge in [-0.05, 0) is 34.6 Å². The first-order valence-corrected chi connectivity index (χ1v) is 10.4. The molecule has 0 aliphatic rings. The van der Waals surface area contributed by atoms with Crippen molar-refractivity contribution in [3.63, 3.8) is 0 Å². The Balaban J connectivity index is 1.69. The van der Waals surface area contributed by atoms with Crippen molar-refractivity contribution in [3.05, 3.63) is 72.6 Å². The van der Waals surface area contributed by atoms with E-state index in [9.17, 15) is 0 Å². The maximum Gasteiger partial charge on any atom is 0.223 e. The monoisotopic (exact) mass is 413 g/mol. The van der Waals surface area contributed by atoms with Gasteiger partial charge in [0, 0.05) is 35.6 Å². The molecule has 0 aliphatic carbocycles. The van der Waals surface area contributed by atoms with E-state index in [2.05, 4.69) is 77.8 Å². The number of nitrogens with zero attached hydrogens (tertiary/aromatic N) is 3. The van der Waals surface area contributed by atoms with Gasteiger partial charge >= 0.3 is 0 Å². The summed E-state index contributed by atoms with van der Waals surface area (Å²) in [4.78, 5) is 13.5. The number of hydrogen-bond acceptors (Lipinski definition) is 6. The van der Waals surface area contributed by atoms with E-state index in [0.717, 1.165) is 33.5 Å². The quantitative estimate of drug-likeness (QED) is 0.406. The fraction of sp³-hybridized carbons (Fsp3) is 0.240. The molecule has 2 aromatic carbocycles. The molecule has 0 saturated heterocycles. The highest BCUT2D eigenvalue weighted by molar-refractivity contribution is 6.01. The molecule has 2 heterocycles. The smallest absolute Gasteiger partial charge is 0.223 e. The van der Waals surface area contributed by atoms with Gasteiger partial charge in [-0.2, -0.15) is 0 Å². The average Bonchev–Trinajstić information content (AvgIpc) is 2.78. The molecule has 0 atom stereocenters. The van der Waals surface area contributed by atoms with Crippen LogP contribution in [0.5, 0.6) is 0 Å². The number of nitrogens with one attached hydrogen (secondary N) is 2. The molecule has 31 heavy (non-hydrogen) atoms. The predicted octanol–water partition coefficient (Wildman–Crippen LogP) is 5.14. The van der Waals surface area contributed by atoms with Crippen molar-refractivity contribution in [3.8, 4) is 11.3 Å². The lowest BCUT2D eigenvalue weighted by molar-refractivity contribution is 0.311. The van der Waals surface area contributed by atoms with Crippen LogP contribution in [-0.4, -0.2) is 33.2 Å². The molecular formula is C25H27N5O. The molecule has 4 aromatic rings. The fourth-order valence-electron chi connectivity index (χ4n) is 3.45. The average molecular weight is 414 g/mol. The van der Waals surface area contributed by atoms with Crippen molar-refractivity contribution in [1.29, 1.82) is 0 Å². The number of aliphatic hydroxyl groups excluding tert-OH is 1. The Morgan fingerprint density at radius 3 is 2.35 bits per heavy atom. The zero-order chi connectivity index (χ0) is 21.8. The molecule has 3 N–H and O–H groups in total. The SMILES string of the molecule is CC(C)(C)c1ccc(Nc2ncc(-c3ccnc(NCCO)n3)c3ccccc23)cc1. The van der Waals surface area contributed by atoms with Crippen molar-refractivity contribution in [2.45, 2.75) is 26.2 Å². The molecule has 0 aliphatic heterocycles. The molecule has 6 nitrogen and oxygen atoms in total. The molecule has 0 bridgehead atoms. The standard InChI is InChI=1S/C25H27N5O/c1-25(2,3)17-8-10-18(11-9-17)29-23-20-7-5-4-6-19(20)21(16-28-23)22-12-13-26-24(30-22)27-14-15-31/h4-13,16,31H,14-15H2,1-3H3,(H,28,29)(H,26,27,30). The Bertz CT molecular complexity index is 1180. The Morgan fingerprint density at radius 2 is 1.65 bits per heavy atom. The minimum absolute atomic E-state index is 0.0230. The molecule has 0 radical (unpaired) electrons. The third-order valence-corrected chi connectivity index (χ3v) is 5.14. The Morgan fingerprint density at radius 1 is 0.903 bits per heavy atom. The molecule has 158 valence electrons. The van der Waals surface area contributed by atoms with Gasteiger partial charge in [0.2, 0.25) is 5.95 Å². The molecule has 0 amide bonds. The predicted molar refractivity (Wildman–Crippen MR) is 127 cm³/mol. The highest BCUT2D eigenvalue weighted by Gasteiger charge is 2.14. The van der Waals surface area contributed by atoms with Crippen molar-refractivity contribution in [2.24, 2.45) is 0 Å². The van der Waals surface area contributed by atoms with Gasteiger partial charge in [0.25, 0.3) is 0 Å². The third-order valence-electron chi connectivity index (χ3n) is 5.14. The molecule has 2 aromatic heterocycles. The highest BCUT2D eigenvalue weighted by atomic mass is 16.3. The van der Waals surface area contributed by atoms with Crippen LogP contribution < -0.4 is 10.6 Å². The number of aliphatic hydroxyl groups is 1. The van der Waals surface area contributed by atoms with Gasteiger partial charge in [0.1, 0.15) is 5.82 Å². The Hall–Kier alpha value is -3.51. The Kier molecular flexibility index (Phi) is 5.82. The van der Waals surface area contributed by atoms with Gasteiger partial charge in [-0.3, -0.25) is 0 Å². The van der Waals surface area contributed by atoms with Gasteiger partial charge < -0.3 is 15.7 Å². The van der Waals surface area contributed by atoms with Crippen LogP contribution in [0, 0.1) is 0 Å². The first kappa shape index (κ1) is 20.8. The molecule has 0 unspecified atom stereocenters. The first-order valence-electron chi connectivity index (χ1n) is 10.4. The van der Waals surface area contributed by atoms with E-state index in [0.29, 0.717) is 12.5 Å². The van der Waals surface area contributed by atoms with Crippen LogP contribution in [0.4, 0.5) is 17.5 Å². The van der Waals surface area contributed by atoms with Gasteiger partial charge in [0.15, 0.2) is 0 Å². The summed E-state index contributed by atoms with van der Waals surface area (Å²) in [5.41, 5.74) is 4.11. The van der Waals surface area contributed by atoms with E-state index >= 15 is 0 Å². The second-order valence-electron chi connectivity index (χ2n) is 8.43. The number of anilines is 3. The number of benzene rings is 2. The normalized spacial score (nSPS) is 11.5. The number of hydrogen-bond donors (Lipinski definition) is 3. The van der Waals surface area contributed by atoms with Crippen LogP contribution in [0.1, 0.15) is 26.3 Å². The maximum atomic E-state index is 9.03. The molecule has 0 saturated carbocycles. The van der Waals surface area contributed by atoms with Crippen LogP contribution in [0.2, 0.25) is 0 Å². The van der Waals surface area contributed by atoms with E-state index < -0.39 is 0 Å². The van der Waals surface area contributed by atoms with E-state index in [-0.39, 0.29) is 12.0 Å². The minimum atomic E-state index is 0.0230. The van der Waals surface area contributed by atoms with E-state index in [1.807, 2.05) is 24.4 Å². The number of rotatable bonds is 6. The van der Waals surface area contributed by atoms with Crippen LogP contribution in [0.25, 0.3) is 22.0 Å². The topological polar surface area (TPSA) is 83.0 Å². The van der Waals surface area contributed by atoms with Crippen molar-refractivity contribution < 1.29 is 5.11 Å². The maximum absolute atomic E-state index is 9.03. The molecule has 0 fully saturated rings. The van der Waals surface area contributed by atoms with Gasteiger partial charge in [-0.25, -0.2) is 15.0 Å². The summed E-state index contributed by atoms with van der Waals surface area (Å²) in [6.07, 6.45) is 3.55. The van der Waals surface area contributed by atoms with Gasteiger partial charge in [-0.1, -0.05) is 57.2 Å². The summed E-state index contributed by atoms with van der Waals surface area (Å²) in [5, 5.41) is 17.6. The van der Waals surface area contributed by atoms with Crippen LogP contribution in [-0.2, 0) is 5.41 Å². The van der Waals surface area contributed by atoms with Crippen LogP contribution >= 0.6 is 0 Å². The van der Waals surface area contributed by atoms with Gasteiger partial charge in [-0.15, -0.1) is 0 Å². The number of pyridine rings is 1. The second-order valence-corrected chi connectivity index (χ2v) is 8.43. The summed E-state index contributed by atoms with van der Waals surface area (Å²) in [7, 11) is 0. The lowest BCUT2D eigenvalue weighted by Gasteiger charge is -2.19. The van der Waals surface area contributed by atoms with Crippen molar-refractivity contribution in [1.82, 2.24) is 15.0 Å². The van der Waals surface area contributed by atoms with Gasteiger partial charge in [0.05, 0.1) is 12.3 Å². The summed E-state index contributed by atoms with van der Waals surface area (Å²) in [6.45, 7) is 7.05. The van der Waals surface area contributed by atoms with E-state index in [1.165, 1.54) is 5.56 Å². The molecule has 4 rings (SSSR count). The molecular weight excluding hydrogens is 386 g/mol. The fourth-order valence-corrected chi connectivity index (χ4v) is 3.45. The third kappa shape index (κ3) is 4.64. The second kappa shape index (κ2) is 8.70. The number of aromatic nitrogens is 3. The lowest BCUT2D eigenvalue weighted by atomic mass is 9.87. The lowest BCUT2D eigenvalue weighted by Crippen LogP contribution is -2.10. The summed E-state index contributed by atoms with van der Waals surface area (Å²) < 4.78 is 0. The summed E-state index contributed by atoms with van der Waals surface area (Å²) in [5.74, 6) is 1.28. The summed E-state index contributed by atoms with van der Waals surface area (Å²) >= 11 is 0. The highest BCUT2D eigenvalue weighted by Crippen LogP contribution is 2.32. The van der Waals surface area contributed by atoms with E-state index in [4.69, 9.17) is 10.1 Å².